The highest BCUT2D eigenvalue weighted by Crippen LogP contribution is 2.28. The summed E-state index contributed by atoms with van der Waals surface area (Å²) in [6, 6.07) is 12.4. The third-order valence-electron chi connectivity index (χ3n) is 4.01. The second-order valence-electron chi connectivity index (χ2n) is 6.10. The molecule has 0 heterocycles. The molecule has 0 aliphatic carbocycles. The molecule has 0 fully saturated rings. The number of methoxy groups -OCH3 is 1. The number of halogens is 3. The van der Waals surface area contributed by atoms with Gasteiger partial charge in [0.05, 0.1) is 13.7 Å². The van der Waals surface area contributed by atoms with Gasteiger partial charge in [-0.3, -0.25) is 4.99 Å². The van der Waals surface area contributed by atoms with Crippen LogP contribution in [0.1, 0.15) is 24.5 Å². The number of para-hydroxylation sites is 1. The number of guanidine groups is 1. The molecule has 0 bridgehead atoms. The maximum Gasteiger partial charge on any atom is 0.387 e. The van der Waals surface area contributed by atoms with Crippen molar-refractivity contribution in [3.05, 3.63) is 53.6 Å². The number of hydrogen-bond donors (Lipinski definition) is 2. The van der Waals surface area contributed by atoms with Gasteiger partial charge >= 0.3 is 6.61 Å². The number of nitrogens with one attached hydrogen (secondary N) is 2. The van der Waals surface area contributed by atoms with Crippen LogP contribution in [0.25, 0.3) is 0 Å². The maximum atomic E-state index is 12.5. The van der Waals surface area contributed by atoms with E-state index in [4.69, 9.17) is 9.47 Å². The number of rotatable bonds is 10. The zero-order chi connectivity index (χ0) is 21.1. The summed E-state index contributed by atoms with van der Waals surface area (Å²) in [7, 11) is 3.24. The van der Waals surface area contributed by atoms with Gasteiger partial charge in [0, 0.05) is 25.7 Å². The highest BCUT2D eigenvalue weighted by Gasteiger charge is 2.10. The molecule has 0 unspecified atom stereocenters. The molecule has 0 atom stereocenters. The Balaban J connectivity index is 0.00000450. The zero-order valence-electron chi connectivity index (χ0n) is 17.3. The van der Waals surface area contributed by atoms with E-state index in [1.165, 1.54) is 6.07 Å². The Kier molecular flexibility index (Phi) is 11.9. The van der Waals surface area contributed by atoms with Gasteiger partial charge in [-0.2, -0.15) is 8.78 Å². The van der Waals surface area contributed by atoms with E-state index < -0.39 is 6.61 Å². The average Bonchev–Trinajstić information content (AvgIpc) is 2.73. The predicted molar refractivity (Wildman–Crippen MR) is 124 cm³/mol. The van der Waals surface area contributed by atoms with Crippen LogP contribution in [-0.4, -0.2) is 33.3 Å². The normalized spacial score (nSPS) is 10.9. The number of alkyl halides is 2. The molecule has 2 aromatic carbocycles. The van der Waals surface area contributed by atoms with Gasteiger partial charge in [0.15, 0.2) is 17.5 Å². The molecule has 0 spiro atoms. The fraction of sp³-hybridized carbons (Fsp3) is 0.381. The molecule has 30 heavy (non-hydrogen) atoms. The molecule has 9 heteroatoms. The minimum atomic E-state index is -2.87. The fourth-order valence-electron chi connectivity index (χ4n) is 2.60. The van der Waals surface area contributed by atoms with Crippen molar-refractivity contribution >= 4 is 29.9 Å². The van der Waals surface area contributed by atoms with Gasteiger partial charge in [0.2, 0.25) is 0 Å². The molecule has 0 saturated heterocycles. The van der Waals surface area contributed by atoms with Gasteiger partial charge in [-0.1, -0.05) is 31.2 Å². The lowest BCUT2D eigenvalue weighted by atomic mass is 10.2. The molecule has 6 nitrogen and oxygen atoms in total. The Morgan fingerprint density at radius 2 is 1.77 bits per heavy atom. The molecular formula is C21H28F2IN3O3. The minimum absolute atomic E-state index is 0. The Morgan fingerprint density at radius 3 is 2.43 bits per heavy atom. The Bertz CT molecular complexity index is 807. The van der Waals surface area contributed by atoms with E-state index in [9.17, 15) is 8.78 Å². The van der Waals surface area contributed by atoms with Gasteiger partial charge in [0.1, 0.15) is 5.75 Å². The highest BCUT2D eigenvalue weighted by atomic mass is 127. The smallest absolute Gasteiger partial charge is 0.387 e. The summed E-state index contributed by atoms with van der Waals surface area (Å²) >= 11 is 0. The molecule has 0 aromatic heterocycles. The summed E-state index contributed by atoms with van der Waals surface area (Å²) in [6.07, 6.45) is 0.917. The van der Waals surface area contributed by atoms with Crippen LogP contribution in [0.15, 0.2) is 47.5 Å². The van der Waals surface area contributed by atoms with Crippen LogP contribution >= 0.6 is 24.0 Å². The Hall–Kier alpha value is -2.30. The van der Waals surface area contributed by atoms with Crippen molar-refractivity contribution in [2.75, 3.05) is 20.8 Å². The molecular weight excluding hydrogens is 507 g/mol. The second-order valence-corrected chi connectivity index (χ2v) is 6.10. The highest BCUT2D eigenvalue weighted by molar-refractivity contribution is 14.0. The number of aliphatic imine (C=N–C) groups is 1. The lowest BCUT2D eigenvalue weighted by Gasteiger charge is -2.15. The van der Waals surface area contributed by atoms with E-state index in [0.29, 0.717) is 36.2 Å². The van der Waals surface area contributed by atoms with E-state index in [0.717, 1.165) is 12.0 Å². The standard InChI is InChI=1S/C21H27F2N3O3.HI/c1-4-11-28-18-10-9-15(12-19(18)27-3)13-25-21(24-2)26-14-16-7-5-6-8-17(16)29-20(22)23;/h5-10,12,20H,4,11,13-14H2,1-3H3,(H2,24,25,26);1H. The monoisotopic (exact) mass is 535 g/mol. The SMILES string of the molecule is CCCOc1ccc(CNC(=NC)NCc2ccccc2OC(F)F)cc1OC.I. The first-order valence-electron chi connectivity index (χ1n) is 9.34. The summed E-state index contributed by atoms with van der Waals surface area (Å²) in [4.78, 5) is 4.16. The van der Waals surface area contributed by atoms with Crippen LogP contribution in [0.2, 0.25) is 0 Å². The molecule has 2 N–H and O–H groups in total. The van der Waals surface area contributed by atoms with Gasteiger partial charge in [-0.05, 0) is 30.2 Å². The first-order chi connectivity index (χ1) is 14.1. The quantitative estimate of drug-likeness (QED) is 0.265. The van der Waals surface area contributed by atoms with Crippen LogP contribution in [-0.2, 0) is 13.1 Å². The van der Waals surface area contributed by atoms with Gasteiger partial charge in [-0.25, -0.2) is 0 Å². The molecule has 0 radical (unpaired) electrons. The summed E-state index contributed by atoms with van der Waals surface area (Å²) in [5.74, 6) is 2.04. The van der Waals surface area contributed by atoms with E-state index in [1.807, 2.05) is 25.1 Å². The van der Waals surface area contributed by atoms with Crippen LogP contribution in [0.5, 0.6) is 17.2 Å². The van der Waals surface area contributed by atoms with Crippen molar-refractivity contribution in [1.82, 2.24) is 10.6 Å². The first-order valence-corrected chi connectivity index (χ1v) is 9.34. The van der Waals surface area contributed by atoms with Gasteiger partial charge in [-0.15, -0.1) is 24.0 Å². The van der Waals surface area contributed by atoms with Crippen molar-refractivity contribution in [2.45, 2.75) is 33.0 Å². The number of nitrogens with zero attached hydrogens (tertiary/aromatic N) is 1. The van der Waals surface area contributed by atoms with Gasteiger partial charge in [0.25, 0.3) is 0 Å². The van der Waals surface area contributed by atoms with E-state index in [1.54, 1.807) is 32.4 Å². The van der Waals surface area contributed by atoms with Crippen molar-refractivity contribution in [2.24, 2.45) is 4.99 Å². The second kappa shape index (κ2) is 13.8. The average molecular weight is 535 g/mol. The molecule has 0 aliphatic rings. The van der Waals surface area contributed by atoms with E-state index >= 15 is 0 Å². The van der Waals surface area contributed by atoms with E-state index in [2.05, 4.69) is 20.4 Å². The fourth-order valence-corrected chi connectivity index (χ4v) is 2.60. The topological polar surface area (TPSA) is 64.1 Å². The van der Waals surface area contributed by atoms with Crippen LogP contribution in [0.4, 0.5) is 8.78 Å². The van der Waals surface area contributed by atoms with Crippen molar-refractivity contribution in [3.63, 3.8) is 0 Å². The van der Waals surface area contributed by atoms with Crippen LogP contribution in [0.3, 0.4) is 0 Å². The zero-order valence-corrected chi connectivity index (χ0v) is 19.6. The Morgan fingerprint density at radius 1 is 1.03 bits per heavy atom. The van der Waals surface area contributed by atoms with Crippen molar-refractivity contribution in [3.8, 4) is 17.2 Å². The third kappa shape index (κ3) is 8.21. The van der Waals surface area contributed by atoms with E-state index in [-0.39, 0.29) is 36.3 Å². The first kappa shape index (κ1) is 25.7. The number of benzene rings is 2. The predicted octanol–water partition coefficient (Wildman–Crippen LogP) is 4.57. The summed E-state index contributed by atoms with van der Waals surface area (Å²) in [5.41, 5.74) is 1.59. The third-order valence-corrected chi connectivity index (χ3v) is 4.01. The molecule has 0 amide bonds. The van der Waals surface area contributed by atoms with Crippen molar-refractivity contribution in [1.29, 1.82) is 0 Å². The lowest BCUT2D eigenvalue weighted by molar-refractivity contribution is -0.0504. The van der Waals surface area contributed by atoms with Crippen LogP contribution < -0.4 is 24.8 Å². The molecule has 0 aliphatic heterocycles. The molecule has 0 saturated carbocycles. The number of ether oxygens (including phenoxy) is 3. The lowest BCUT2D eigenvalue weighted by Crippen LogP contribution is -2.36. The minimum Gasteiger partial charge on any atom is -0.493 e. The summed E-state index contributed by atoms with van der Waals surface area (Å²) < 4.78 is 40.7. The van der Waals surface area contributed by atoms with Crippen molar-refractivity contribution < 1.29 is 23.0 Å². The van der Waals surface area contributed by atoms with Crippen LogP contribution in [0, 0.1) is 0 Å². The molecule has 2 aromatic rings. The molecule has 166 valence electrons. The number of hydrogen-bond acceptors (Lipinski definition) is 4. The summed E-state index contributed by atoms with van der Waals surface area (Å²) in [6.45, 7) is 0.588. The maximum absolute atomic E-state index is 12.5. The molecule has 2 rings (SSSR count). The Labute approximate surface area is 193 Å². The summed E-state index contributed by atoms with van der Waals surface area (Å²) in [5, 5.41) is 6.28. The largest absolute Gasteiger partial charge is 0.493 e. The van der Waals surface area contributed by atoms with Gasteiger partial charge < -0.3 is 24.8 Å².